The van der Waals surface area contributed by atoms with Crippen LogP contribution in [0.5, 0.6) is 0 Å². The number of aromatic amines is 1. The van der Waals surface area contributed by atoms with Gasteiger partial charge in [0, 0.05) is 18.2 Å². The predicted molar refractivity (Wildman–Crippen MR) is 104 cm³/mol. The maximum atomic E-state index is 12.7. The predicted octanol–water partition coefficient (Wildman–Crippen LogP) is 2.63. The van der Waals surface area contributed by atoms with Crippen molar-refractivity contribution >= 4 is 14.3 Å². The number of nitrogens with zero attached hydrogens (tertiary/aromatic N) is 1. The van der Waals surface area contributed by atoms with Gasteiger partial charge in [0.1, 0.15) is 18.4 Å². The van der Waals surface area contributed by atoms with Crippen molar-refractivity contribution in [3.8, 4) is 0 Å². The maximum absolute atomic E-state index is 12.7. The fraction of sp³-hybridized carbons (Fsp3) is 0.722. The van der Waals surface area contributed by atoms with Crippen LogP contribution in [0.4, 0.5) is 13.2 Å². The Balaban J connectivity index is 2.28. The molecule has 0 saturated carbocycles. The molecule has 1 unspecified atom stereocenters. The first kappa shape index (κ1) is 24.3. The van der Waals surface area contributed by atoms with Crippen LogP contribution in [-0.2, 0) is 18.7 Å². The summed E-state index contributed by atoms with van der Waals surface area (Å²) >= 11 is 0. The highest BCUT2D eigenvalue weighted by atomic mass is 28.4. The van der Waals surface area contributed by atoms with E-state index in [4.69, 9.17) is 9.16 Å². The van der Waals surface area contributed by atoms with Crippen molar-refractivity contribution in [1.82, 2.24) is 9.55 Å². The van der Waals surface area contributed by atoms with E-state index in [9.17, 15) is 27.6 Å². The van der Waals surface area contributed by atoms with Crippen molar-refractivity contribution in [2.75, 3.05) is 6.61 Å². The molecule has 30 heavy (non-hydrogen) atoms. The highest BCUT2D eigenvalue weighted by Gasteiger charge is 2.48. The fourth-order valence-electron chi connectivity index (χ4n) is 2.66. The Bertz CT molecular complexity index is 903. The third kappa shape index (κ3) is 5.41. The molecule has 1 saturated heterocycles. The fourth-order valence-corrected chi connectivity index (χ4v) is 3.67. The number of halogens is 3. The summed E-state index contributed by atoms with van der Waals surface area (Å²) in [5, 5.41) is -0.157. The van der Waals surface area contributed by atoms with Gasteiger partial charge in [-0.05, 0) is 25.1 Å². The Morgan fingerprint density at radius 3 is 2.43 bits per heavy atom. The van der Waals surface area contributed by atoms with Crippen LogP contribution in [0.2, 0.25) is 18.1 Å². The number of ether oxygens (including phenoxy) is 2. The molecule has 2 heterocycles. The minimum Gasteiger partial charge on any atom is -0.453 e. The van der Waals surface area contributed by atoms with Gasteiger partial charge in [-0.25, -0.2) is 9.59 Å². The van der Waals surface area contributed by atoms with Gasteiger partial charge in [-0.2, -0.15) is 13.2 Å². The zero-order valence-corrected chi connectivity index (χ0v) is 18.8. The third-order valence-corrected chi connectivity index (χ3v) is 10.0. The van der Waals surface area contributed by atoms with Crippen LogP contribution in [0.15, 0.2) is 15.8 Å². The molecule has 3 atom stereocenters. The van der Waals surface area contributed by atoms with Crippen LogP contribution in [0.25, 0.3) is 0 Å². The molecule has 0 radical (unpaired) electrons. The van der Waals surface area contributed by atoms with Gasteiger partial charge in [-0.1, -0.05) is 20.8 Å². The summed E-state index contributed by atoms with van der Waals surface area (Å²) in [6, 6.07) is 0. The van der Waals surface area contributed by atoms with E-state index >= 15 is 0 Å². The Morgan fingerprint density at radius 1 is 1.30 bits per heavy atom. The first-order valence-electron chi connectivity index (χ1n) is 9.42. The molecule has 0 aliphatic carbocycles. The first-order chi connectivity index (χ1) is 13.5. The molecule has 0 aromatic carbocycles. The molecule has 0 amide bonds. The molecule has 1 aromatic heterocycles. The summed E-state index contributed by atoms with van der Waals surface area (Å²) in [7, 11) is -2.27. The van der Waals surface area contributed by atoms with Crippen LogP contribution >= 0.6 is 0 Å². The van der Waals surface area contributed by atoms with E-state index in [-0.39, 0.29) is 23.6 Å². The summed E-state index contributed by atoms with van der Waals surface area (Å²) in [5.41, 5.74) is -1.13. The summed E-state index contributed by atoms with van der Waals surface area (Å²) in [5.74, 6) is -2.33. The highest BCUT2D eigenvalue weighted by Crippen LogP contribution is 2.38. The SMILES string of the molecule is Cc1cn([C@@H]2CC(OC(=O)C(F)(F)F)[C@H](CO[Si](C)(C)C(C)(C)C)O2)c(=O)[nH]c1=O. The second-order valence-electron chi connectivity index (χ2n) is 8.86. The quantitative estimate of drug-likeness (QED) is 0.545. The molecule has 1 fully saturated rings. The van der Waals surface area contributed by atoms with Crippen molar-refractivity contribution in [2.45, 2.75) is 76.9 Å². The van der Waals surface area contributed by atoms with Crippen LogP contribution in [-0.4, -0.2) is 48.8 Å². The Hall–Kier alpha value is -1.92. The van der Waals surface area contributed by atoms with Crippen LogP contribution in [0.3, 0.4) is 0 Å². The Morgan fingerprint density at radius 2 is 1.90 bits per heavy atom. The first-order valence-corrected chi connectivity index (χ1v) is 12.3. The lowest BCUT2D eigenvalue weighted by Crippen LogP contribution is -2.44. The van der Waals surface area contributed by atoms with Crippen molar-refractivity contribution in [3.05, 3.63) is 32.6 Å². The molecule has 2 rings (SSSR count). The molecule has 1 aliphatic heterocycles. The summed E-state index contributed by atoms with van der Waals surface area (Å²) in [4.78, 5) is 37.2. The second-order valence-corrected chi connectivity index (χ2v) is 13.7. The molecular formula is C18H27F3N2O6Si. The molecule has 12 heteroatoms. The second kappa shape index (κ2) is 8.31. The van der Waals surface area contributed by atoms with Crippen molar-refractivity contribution in [1.29, 1.82) is 0 Å². The average Bonchev–Trinajstić information content (AvgIpc) is 2.97. The molecule has 1 N–H and O–H groups in total. The van der Waals surface area contributed by atoms with Gasteiger partial charge in [0.2, 0.25) is 0 Å². The Kier molecular flexibility index (Phi) is 6.74. The highest BCUT2D eigenvalue weighted by molar-refractivity contribution is 6.74. The van der Waals surface area contributed by atoms with E-state index < -0.39 is 50.1 Å². The maximum Gasteiger partial charge on any atom is 0.490 e. The number of aryl methyl sites for hydroxylation is 1. The van der Waals surface area contributed by atoms with Crippen LogP contribution in [0.1, 0.15) is 39.0 Å². The number of carbonyl (C=O) groups is 1. The number of carbonyl (C=O) groups excluding carboxylic acids is 1. The molecule has 0 bridgehead atoms. The summed E-state index contributed by atoms with van der Waals surface area (Å²) in [6.45, 7) is 11.3. The van der Waals surface area contributed by atoms with E-state index in [1.54, 1.807) is 0 Å². The van der Waals surface area contributed by atoms with Crippen LogP contribution in [0, 0.1) is 6.92 Å². The van der Waals surface area contributed by atoms with E-state index in [0.717, 1.165) is 4.57 Å². The lowest BCUT2D eigenvalue weighted by molar-refractivity contribution is -0.207. The lowest BCUT2D eigenvalue weighted by atomic mass is 10.2. The number of rotatable bonds is 5. The summed E-state index contributed by atoms with van der Waals surface area (Å²) < 4.78 is 55.6. The van der Waals surface area contributed by atoms with Crippen molar-refractivity contribution < 1.29 is 31.9 Å². The largest absolute Gasteiger partial charge is 0.490 e. The van der Waals surface area contributed by atoms with Gasteiger partial charge in [0.25, 0.3) is 5.56 Å². The smallest absolute Gasteiger partial charge is 0.453 e. The van der Waals surface area contributed by atoms with Gasteiger partial charge >= 0.3 is 17.8 Å². The number of alkyl halides is 3. The molecule has 0 spiro atoms. The van der Waals surface area contributed by atoms with Gasteiger partial charge in [-0.15, -0.1) is 0 Å². The zero-order chi connectivity index (χ0) is 23.1. The minimum atomic E-state index is -5.16. The topological polar surface area (TPSA) is 99.6 Å². The zero-order valence-electron chi connectivity index (χ0n) is 17.8. The van der Waals surface area contributed by atoms with E-state index in [1.165, 1.54) is 13.1 Å². The normalized spacial score (nSPS) is 22.9. The van der Waals surface area contributed by atoms with E-state index in [1.807, 2.05) is 33.9 Å². The number of hydrogen-bond acceptors (Lipinski definition) is 6. The number of aromatic nitrogens is 2. The van der Waals surface area contributed by atoms with E-state index in [0.29, 0.717) is 0 Å². The molecule has 1 aromatic rings. The number of hydrogen-bond donors (Lipinski definition) is 1. The molecule has 1 aliphatic rings. The van der Waals surface area contributed by atoms with Gasteiger partial charge in [0.15, 0.2) is 8.32 Å². The van der Waals surface area contributed by atoms with Crippen LogP contribution < -0.4 is 11.2 Å². The van der Waals surface area contributed by atoms with E-state index in [2.05, 4.69) is 9.72 Å². The van der Waals surface area contributed by atoms with Crippen molar-refractivity contribution in [3.63, 3.8) is 0 Å². The molecular weight excluding hydrogens is 425 g/mol. The van der Waals surface area contributed by atoms with Gasteiger partial charge in [0.05, 0.1) is 6.61 Å². The van der Waals surface area contributed by atoms with Gasteiger partial charge < -0.3 is 13.9 Å². The Labute approximate surface area is 172 Å². The monoisotopic (exact) mass is 452 g/mol. The standard InChI is InChI=1S/C18H27F3N2O6Si/c1-10-8-23(16(26)22-14(10)24)13-7-11(29-15(25)18(19,20)21)12(28-13)9-27-30(5,6)17(2,3)4/h8,11-13H,7,9H2,1-6H3,(H,22,24,26)/t11?,12-,13-/m0/s1. The number of esters is 1. The molecule has 170 valence electrons. The summed E-state index contributed by atoms with van der Waals surface area (Å²) in [6.07, 6.45) is -7.40. The van der Waals surface area contributed by atoms with Crippen molar-refractivity contribution in [2.24, 2.45) is 0 Å². The number of nitrogens with one attached hydrogen (secondary N) is 1. The average molecular weight is 453 g/mol. The molecule has 8 nitrogen and oxygen atoms in total. The minimum absolute atomic E-state index is 0.0973. The van der Waals surface area contributed by atoms with Gasteiger partial charge in [-0.3, -0.25) is 14.3 Å². The number of H-pyrrole nitrogens is 1. The third-order valence-electron chi connectivity index (χ3n) is 5.54. The lowest BCUT2D eigenvalue weighted by Gasteiger charge is -2.37.